The van der Waals surface area contributed by atoms with Crippen LogP contribution in [0.1, 0.15) is 18.0 Å². The Balaban J connectivity index is 1.87. The quantitative estimate of drug-likeness (QED) is 0.779. The normalized spacial score (nSPS) is 17.7. The number of nitrogens with zero attached hydrogens (tertiary/aromatic N) is 1. The molecule has 118 valence electrons. The summed E-state index contributed by atoms with van der Waals surface area (Å²) in [6.45, 7) is 2.04. The number of nitrogens with one attached hydrogen (secondary N) is 2. The molecule has 3 aromatic rings. The van der Waals surface area contributed by atoms with Crippen LogP contribution in [0.2, 0.25) is 0 Å². The van der Waals surface area contributed by atoms with E-state index in [4.69, 9.17) is 4.74 Å². The third kappa shape index (κ3) is 2.47. The number of fused-ring (bicyclic) bond motifs is 1. The van der Waals surface area contributed by atoms with E-state index < -0.39 is 0 Å². The highest BCUT2D eigenvalue weighted by atomic mass is 19.1. The molecule has 0 unspecified atom stereocenters. The maximum absolute atomic E-state index is 13.5. The first kappa shape index (κ1) is 14.2. The fraction of sp³-hybridized carbons (Fsp3) is 0.278. The van der Waals surface area contributed by atoms with Crippen LogP contribution >= 0.6 is 0 Å². The van der Waals surface area contributed by atoms with Crippen LogP contribution in [0, 0.1) is 5.82 Å². The zero-order valence-corrected chi connectivity index (χ0v) is 12.9. The Labute approximate surface area is 133 Å². The Bertz CT molecular complexity index is 853. The van der Waals surface area contributed by atoms with E-state index in [1.165, 1.54) is 17.8 Å². The second kappa shape index (κ2) is 5.66. The second-order valence-corrected chi connectivity index (χ2v) is 5.88. The number of benzene rings is 1. The lowest BCUT2D eigenvalue weighted by molar-refractivity contribution is 0.413. The highest BCUT2D eigenvalue weighted by Crippen LogP contribution is 2.36. The van der Waals surface area contributed by atoms with Crippen molar-refractivity contribution >= 4 is 11.0 Å². The van der Waals surface area contributed by atoms with Gasteiger partial charge < -0.3 is 15.0 Å². The van der Waals surface area contributed by atoms with Crippen LogP contribution in [0.25, 0.3) is 22.2 Å². The zero-order chi connectivity index (χ0) is 15.8. The minimum absolute atomic E-state index is 0.303. The average molecular weight is 311 g/mol. The van der Waals surface area contributed by atoms with Gasteiger partial charge in [-0.2, -0.15) is 0 Å². The number of H-pyrrole nitrogens is 1. The van der Waals surface area contributed by atoms with Crippen LogP contribution in [-0.4, -0.2) is 30.2 Å². The smallest absolute Gasteiger partial charge is 0.138 e. The van der Waals surface area contributed by atoms with Gasteiger partial charge in [-0.3, -0.25) is 0 Å². The number of hydrogen-bond acceptors (Lipinski definition) is 3. The number of pyridine rings is 1. The molecule has 2 N–H and O–H groups in total. The standard InChI is InChI=1S/C18H18FN3O/c1-23-17-8-12(19)2-3-14(17)13-5-7-21-18-15(13)9-16(22-18)11-4-6-20-10-11/h2-3,5,7-9,11,20H,4,6,10H2,1H3,(H,21,22)/t11-/m1/s1. The highest BCUT2D eigenvalue weighted by Gasteiger charge is 2.20. The lowest BCUT2D eigenvalue weighted by Gasteiger charge is -2.09. The zero-order valence-electron chi connectivity index (χ0n) is 12.9. The van der Waals surface area contributed by atoms with Crippen molar-refractivity contribution in [3.8, 4) is 16.9 Å². The van der Waals surface area contributed by atoms with E-state index in [0.717, 1.165) is 41.7 Å². The van der Waals surface area contributed by atoms with Gasteiger partial charge in [0.2, 0.25) is 0 Å². The molecule has 1 atom stereocenters. The Morgan fingerprint density at radius 2 is 2.13 bits per heavy atom. The lowest BCUT2D eigenvalue weighted by Crippen LogP contribution is -2.07. The summed E-state index contributed by atoms with van der Waals surface area (Å²) in [4.78, 5) is 7.87. The number of aromatic amines is 1. The molecular weight excluding hydrogens is 293 g/mol. The van der Waals surface area contributed by atoms with Gasteiger partial charge in [-0.15, -0.1) is 0 Å². The van der Waals surface area contributed by atoms with E-state index in [0.29, 0.717) is 11.7 Å². The van der Waals surface area contributed by atoms with Crippen LogP contribution in [0.5, 0.6) is 5.75 Å². The molecule has 4 rings (SSSR count). The Morgan fingerprint density at radius 3 is 2.91 bits per heavy atom. The minimum Gasteiger partial charge on any atom is -0.496 e. The monoisotopic (exact) mass is 311 g/mol. The van der Waals surface area contributed by atoms with Crippen LogP contribution in [0.15, 0.2) is 36.5 Å². The van der Waals surface area contributed by atoms with Crippen LogP contribution in [0.4, 0.5) is 4.39 Å². The van der Waals surface area contributed by atoms with Crippen molar-refractivity contribution in [2.75, 3.05) is 20.2 Å². The molecule has 0 radical (unpaired) electrons. The molecule has 4 nitrogen and oxygen atoms in total. The predicted octanol–water partition coefficient (Wildman–Crippen LogP) is 3.45. The molecule has 23 heavy (non-hydrogen) atoms. The lowest BCUT2D eigenvalue weighted by atomic mass is 10.0. The van der Waals surface area contributed by atoms with Gasteiger partial charge in [0.1, 0.15) is 17.2 Å². The first-order valence-electron chi connectivity index (χ1n) is 7.78. The molecular formula is C18H18FN3O. The van der Waals surface area contributed by atoms with Crippen molar-refractivity contribution in [3.63, 3.8) is 0 Å². The van der Waals surface area contributed by atoms with E-state index in [9.17, 15) is 4.39 Å². The van der Waals surface area contributed by atoms with Gasteiger partial charge in [0.05, 0.1) is 7.11 Å². The molecule has 1 saturated heterocycles. The summed E-state index contributed by atoms with van der Waals surface area (Å²) in [6.07, 6.45) is 2.90. The van der Waals surface area contributed by atoms with Gasteiger partial charge in [0.15, 0.2) is 0 Å². The van der Waals surface area contributed by atoms with E-state index in [-0.39, 0.29) is 5.82 Å². The molecule has 0 amide bonds. The maximum Gasteiger partial charge on any atom is 0.138 e. The van der Waals surface area contributed by atoms with Gasteiger partial charge in [-0.1, -0.05) is 0 Å². The maximum atomic E-state index is 13.5. The number of rotatable bonds is 3. The average Bonchev–Trinajstić information content (AvgIpc) is 3.23. The highest BCUT2D eigenvalue weighted by molar-refractivity contribution is 5.95. The summed E-state index contributed by atoms with van der Waals surface area (Å²) in [5.74, 6) is 0.720. The summed E-state index contributed by atoms with van der Waals surface area (Å²) in [7, 11) is 1.56. The first-order valence-corrected chi connectivity index (χ1v) is 7.78. The second-order valence-electron chi connectivity index (χ2n) is 5.88. The van der Waals surface area contributed by atoms with Crippen molar-refractivity contribution < 1.29 is 9.13 Å². The predicted molar refractivity (Wildman–Crippen MR) is 88.3 cm³/mol. The van der Waals surface area contributed by atoms with Crippen molar-refractivity contribution in [1.82, 2.24) is 15.3 Å². The van der Waals surface area contributed by atoms with Crippen LogP contribution in [0.3, 0.4) is 0 Å². The van der Waals surface area contributed by atoms with Crippen molar-refractivity contribution in [2.45, 2.75) is 12.3 Å². The third-order valence-corrected chi connectivity index (χ3v) is 4.51. The fourth-order valence-electron chi connectivity index (χ4n) is 3.31. The van der Waals surface area contributed by atoms with Crippen molar-refractivity contribution in [3.05, 3.63) is 48.0 Å². The molecule has 1 aliphatic rings. The summed E-state index contributed by atoms with van der Waals surface area (Å²) >= 11 is 0. The Hall–Kier alpha value is -2.40. The van der Waals surface area contributed by atoms with Crippen LogP contribution < -0.4 is 10.1 Å². The topological polar surface area (TPSA) is 49.9 Å². The Kier molecular flexibility index (Phi) is 3.50. The molecule has 0 aliphatic carbocycles. The van der Waals surface area contributed by atoms with Gasteiger partial charge in [-0.25, -0.2) is 9.37 Å². The van der Waals surface area contributed by atoms with Crippen LogP contribution in [-0.2, 0) is 0 Å². The summed E-state index contributed by atoms with van der Waals surface area (Å²) in [6, 6.07) is 8.74. The summed E-state index contributed by atoms with van der Waals surface area (Å²) in [5.41, 5.74) is 3.93. The van der Waals surface area contributed by atoms with Gasteiger partial charge in [-0.05, 0) is 42.8 Å². The third-order valence-electron chi connectivity index (χ3n) is 4.51. The van der Waals surface area contributed by atoms with Crippen molar-refractivity contribution in [1.29, 1.82) is 0 Å². The molecule has 1 aliphatic heterocycles. The minimum atomic E-state index is -0.303. The number of halogens is 1. The SMILES string of the molecule is COc1cc(F)ccc1-c1ccnc2[nH]c([C@@H]3CCNC3)cc12. The molecule has 1 fully saturated rings. The Morgan fingerprint density at radius 1 is 1.22 bits per heavy atom. The van der Waals surface area contributed by atoms with Crippen molar-refractivity contribution in [2.24, 2.45) is 0 Å². The molecule has 0 spiro atoms. The number of aromatic nitrogens is 2. The molecule has 0 saturated carbocycles. The van der Waals surface area contributed by atoms with Gasteiger partial charge >= 0.3 is 0 Å². The number of methoxy groups -OCH3 is 1. The molecule has 2 aromatic heterocycles. The van der Waals surface area contributed by atoms with Gasteiger partial charge in [0, 0.05) is 41.4 Å². The molecule has 0 bridgehead atoms. The number of ether oxygens (including phenoxy) is 1. The summed E-state index contributed by atoms with van der Waals surface area (Å²) in [5, 5.41) is 4.42. The van der Waals surface area contributed by atoms with E-state index in [1.807, 2.05) is 6.07 Å². The molecule has 5 heteroatoms. The van der Waals surface area contributed by atoms with E-state index >= 15 is 0 Å². The van der Waals surface area contributed by atoms with Gasteiger partial charge in [0.25, 0.3) is 0 Å². The summed E-state index contributed by atoms with van der Waals surface area (Å²) < 4.78 is 18.8. The van der Waals surface area contributed by atoms with E-state index in [1.54, 1.807) is 19.4 Å². The first-order chi connectivity index (χ1) is 11.3. The fourth-order valence-corrected chi connectivity index (χ4v) is 3.31. The largest absolute Gasteiger partial charge is 0.496 e. The molecule has 1 aromatic carbocycles. The van der Waals surface area contributed by atoms with E-state index in [2.05, 4.69) is 21.4 Å². The number of hydrogen-bond donors (Lipinski definition) is 2. The molecule has 3 heterocycles.